The molecule has 1 atom stereocenters. The number of hydrogen-bond donors (Lipinski definition) is 1. The summed E-state index contributed by atoms with van der Waals surface area (Å²) in [7, 11) is 0. The number of halogens is 1. The molecule has 1 aliphatic heterocycles. The molecule has 2 heterocycles. The van der Waals surface area contributed by atoms with E-state index in [1.807, 2.05) is 32.0 Å². The number of amides is 1. The van der Waals surface area contributed by atoms with E-state index in [0.717, 1.165) is 44.0 Å². The Morgan fingerprint density at radius 2 is 1.85 bits per heavy atom. The Balaban J connectivity index is 1.50. The van der Waals surface area contributed by atoms with Gasteiger partial charge in [0.15, 0.2) is 5.76 Å². The number of furan rings is 1. The summed E-state index contributed by atoms with van der Waals surface area (Å²) in [5.74, 6) is 0.796. The van der Waals surface area contributed by atoms with Crippen LogP contribution >= 0.6 is 0 Å². The van der Waals surface area contributed by atoms with Crippen molar-refractivity contribution in [3.63, 3.8) is 0 Å². The first kappa shape index (κ1) is 18.5. The van der Waals surface area contributed by atoms with Crippen molar-refractivity contribution in [2.75, 3.05) is 31.1 Å². The summed E-state index contributed by atoms with van der Waals surface area (Å²) in [5.41, 5.74) is 1.05. The third-order valence-corrected chi connectivity index (χ3v) is 4.82. The fourth-order valence-corrected chi connectivity index (χ4v) is 3.02. The third-order valence-electron chi connectivity index (χ3n) is 4.82. The largest absolute Gasteiger partial charge is 0.455 e. The van der Waals surface area contributed by atoms with Crippen LogP contribution in [0.3, 0.4) is 0 Å². The second-order valence-electron chi connectivity index (χ2n) is 6.79. The van der Waals surface area contributed by atoms with E-state index >= 15 is 0 Å². The van der Waals surface area contributed by atoms with E-state index in [2.05, 4.69) is 15.1 Å². The van der Waals surface area contributed by atoms with Crippen LogP contribution in [0, 0.1) is 5.82 Å². The number of nitrogens with zero attached hydrogens (tertiary/aromatic N) is 2. The van der Waals surface area contributed by atoms with E-state index < -0.39 is 0 Å². The maximum absolute atomic E-state index is 13.0. The van der Waals surface area contributed by atoms with Crippen LogP contribution in [0.2, 0.25) is 0 Å². The molecule has 0 radical (unpaired) electrons. The molecular weight excluding hydrogens is 333 g/mol. The lowest BCUT2D eigenvalue weighted by atomic mass is 10.2. The van der Waals surface area contributed by atoms with Gasteiger partial charge >= 0.3 is 0 Å². The molecule has 140 valence electrons. The summed E-state index contributed by atoms with van der Waals surface area (Å²) in [6.45, 7) is 8.25. The van der Waals surface area contributed by atoms with Gasteiger partial charge in [-0.15, -0.1) is 0 Å². The molecule has 6 heteroatoms. The van der Waals surface area contributed by atoms with Gasteiger partial charge in [0.1, 0.15) is 11.6 Å². The summed E-state index contributed by atoms with van der Waals surface area (Å²) in [4.78, 5) is 16.6. The Morgan fingerprint density at radius 1 is 1.15 bits per heavy atom. The molecule has 1 saturated heterocycles. The Bertz CT molecular complexity index is 721. The van der Waals surface area contributed by atoms with E-state index in [4.69, 9.17) is 4.42 Å². The van der Waals surface area contributed by atoms with Gasteiger partial charge in [0.25, 0.3) is 5.91 Å². The molecule has 26 heavy (non-hydrogen) atoms. The molecule has 1 fully saturated rings. The van der Waals surface area contributed by atoms with E-state index in [1.54, 1.807) is 6.07 Å². The lowest BCUT2D eigenvalue weighted by Crippen LogP contribution is -2.45. The summed E-state index contributed by atoms with van der Waals surface area (Å²) in [6.07, 6.45) is 0.887. The Morgan fingerprint density at radius 3 is 2.50 bits per heavy atom. The van der Waals surface area contributed by atoms with Crippen molar-refractivity contribution in [1.82, 2.24) is 10.2 Å². The molecule has 1 aromatic carbocycles. The molecule has 0 bridgehead atoms. The van der Waals surface area contributed by atoms with Crippen molar-refractivity contribution in [1.29, 1.82) is 0 Å². The zero-order valence-electron chi connectivity index (χ0n) is 15.4. The highest BCUT2D eigenvalue weighted by atomic mass is 19.1. The minimum absolute atomic E-state index is 0.135. The molecule has 1 amide bonds. The number of benzene rings is 1. The Hall–Kier alpha value is -2.34. The minimum atomic E-state index is -0.210. The molecule has 0 unspecified atom stereocenters. The van der Waals surface area contributed by atoms with Crippen molar-refractivity contribution in [3.8, 4) is 0 Å². The zero-order chi connectivity index (χ0) is 18.5. The highest BCUT2D eigenvalue weighted by molar-refractivity contribution is 5.91. The lowest BCUT2D eigenvalue weighted by Gasteiger charge is -2.35. The average molecular weight is 359 g/mol. The molecule has 0 saturated carbocycles. The molecular formula is C20H26FN3O2. The first-order valence-electron chi connectivity index (χ1n) is 9.17. The summed E-state index contributed by atoms with van der Waals surface area (Å²) < 4.78 is 18.8. The van der Waals surface area contributed by atoms with Gasteiger partial charge in [0.05, 0.1) is 6.54 Å². The van der Waals surface area contributed by atoms with E-state index in [9.17, 15) is 9.18 Å². The highest BCUT2D eigenvalue weighted by Crippen LogP contribution is 2.18. The molecule has 0 aliphatic carbocycles. The predicted molar refractivity (Wildman–Crippen MR) is 99.8 cm³/mol. The van der Waals surface area contributed by atoms with Crippen molar-refractivity contribution in [3.05, 3.63) is 53.7 Å². The fourth-order valence-electron chi connectivity index (χ4n) is 3.02. The van der Waals surface area contributed by atoms with Gasteiger partial charge in [-0.25, -0.2) is 4.39 Å². The van der Waals surface area contributed by atoms with E-state index in [0.29, 0.717) is 12.3 Å². The standard InChI is InChI=1S/C20H26FN3O2/c1-3-15(2)22-20(25)19-9-8-18(26-19)14-23-10-12-24(13-11-23)17-6-4-16(21)5-7-17/h4-9,15H,3,10-14H2,1-2H3,(H,22,25)/t15-/m0/s1. The number of anilines is 1. The second-order valence-corrected chi connectivity index (χ2v) is 6.79. The van der Waals surface area contributed by atoms with Crippen LogP contribution in [-0.2, 0) is 6.54 Å². The topological polar surface area (TPSA) is 48.7 Å². The smallest absolute Gasteiger partial charge is 0.287 e. The van der Waals surface area contributed by atoms with Gasteiger partial charge in [-0.2, -0.15) is 0 Å². The summed E-state index contributed by atoms with van der Waals surface area (Å²) in [6, 6.07) is 10.4. The number of carbonyl (C=O) groups excluding carboxylic acids is 1. The molecule has 0 spiro atoms. The summed E-state index contributed by atoms with van der Waals surface area (Å²) >= 11 is 0. The van der Waals surface area contributed by atoms with Crippen LogP contribution in [0.5, 0.6) is 0 Å². The van der Waals surface area contributed by atoms with E-state index in [1.165, 1.54) is 12.1 Å². The van der Waals surface area contributed by atoms with Gasteiger partial charge in [-0.1, -0.05) is 6.92 Å². The van der Waals surface area contributed by atoms with Crippen LogP contribution in [0.25, 0.3) is 0 Å². The number of carbonyl (C=O) groups is 1. The van der Waals surface area contributed by atoms with Gasteiger partial charge in [0.2, 0.25) is 0 Å². The Kier molecular flexibility index (Phi) is 5.93. The molecule has 1 aromatic heterocycles. The van der Waals surface area contributed by atoms with Crippen LogP contribution in [0.1, 0.15) is 36.6 Å². The number of nitrogens with one attached hydrogen (secondary N) is 1. The number of hydrogen-bond acceptors (Lipinski definition) is 4. The van der Waals surface area contributed by atoms with Crippen LogP contribution in [0.4, 0.5) is 10.1 Å². The summed E-state index contributed by atoms with van der Waals surface area (Å²) in [5, 5.41) is 2.91. The molecule has 3 rings (SSSR count). The quantitative estimate of drug-likeness (QED) is 0.860. The maximum Gasteiger partial charge on any atom is 0.287 e. The minimum Gasteiger partial charge on any atom is -0.455 e. The predicted octanol–water partition coefficient (Wildman–Crippen LogP) is 3.27. The van der Waals surface area contributed by atoms with Crippen LogP contribution in [-0.4, -0.2) is 43.0 Å². The maximum atomic E-state index is 13.0. The van der Waals surface area contributed by atoms with Crippen molar-refractivity contribution in [2.45, 2.75) is 32.9 Å². The zero-order valence-corrected chi connectivity index (χ0v) is 15.4. The van der Waals surface area contributed by atoms with Gasteiger partial charge < -0.3 is 14.6 Å². The first-order valence-corrected chi connectivity index (χ1v) is 9.17. The first-order chi connectivity index (χ1) is 12.5. The molecule has 1 aliphatic rings. The highest BCUT2D eigenvalue weighted by Gasteiger charge is 2.19. The average Bonchev–Trinajstić information content (AvgIpc) is 3.11. The normalized spacial score (nSPS) is 16.5. The number of rotatable bonds is 6. The lowest BCUT2D eigenvalue weighted by molar-refractivity contribution is 0.0907. The monoisotopic (exact) mass is 359 g/mol. The van der Waals surface area contributed by atoms with Gasteiger partial charge in [-0.3, -0.25) is 9.69 Å². The van der Waals surface area contributed by atoms with E-state index in [-0.39, 0.29) is 17.8 Å². The van der Waals surface area contributed by atoms with Crippen molar-refractivity contribution < 1.29 is 13.6 Å². The van der Waals surface area contributed by atoms with Crippen LogP contribution in [0.15, 0.2) is 40.8 Å². The molecule has 1 N–H and O–H groups in total. The van der Waals surface area contributed by atoms with Crippen molar-refractivity contribution >= 4 is 11.6 Å². The number of piperazine rings is 1. The third kappa shape index (κ3) is 4.64. The van der Waals surface area contributed by atoms with Gasteiger partial charge in [-0.05, 0) is 49.7 Å². The molecule has 2 aromatic rings. The van der Waals surface area contributed by atoms with Crippen LogP contribution < -0.4 is 10.2 Å². The fraction of sp³-hybridized carbons (Fsp3) is 0.450. The Labute approximate surface area is 153 Å². The van der Waals surface area contributed by atoms with Crippen molar-refractivity contribution in [2.24, 2.45) is 0 Å². The second kappa shape index (κ2) is 8.36. The molecule has 5 nitrogen and oxygen atoms in total. The van der Waals surface area contributed by atoms with Gasteiger partial charge in [0, 0.05) is 37.9 Å². The SMILES string of the molecule is CC[C@H](C)NC(=O)c1ccc(CN2CCN(c3ccc(F)cc3)CC2)o1.